The molecule has 1 N–H and O–H groups in total. The zero-order valence-corrected chi connectivity index (χ0v) is 11.4. The maximum absolute atomic E-state index is 10.7. The molecule has 2 aromatic rings. The van der Waals surface area contributed by atoms with Crippen LogP contribution in [0.4, 0.5) is 17.3 Å². The lowest BCUT2D eigenvalue weighted by atomic mass is 10.1. The summed E-state index contributed by atoms with van der Waals surface area (Å²) in [6, 6.07) is 5.91. The van der Waals surface area contributed by atoms with E-state index in [1.807, 2.05) is 6.07 Å². The Balaban J connectivity index is 2.12. The summed E-state index contributed by atoms with van der Waals surface area (Å²) in [5, 5.41) is 26.4. The minimum atomic E-state index is -0.550. The summed E-state index contributed by atoms with van der Waals surface area (Å²) in [4.78, 5) is 15.9. The van der Waals surface area contributed by atoms with Gasteiger partial charge in [-0.3, -0.25) is 10.1 Å². The summed E-state index contributed by atoms with van der Waals surface area (Å²) >= 11 is 0. The molecule has 2 rings (SSSR count). The van der Waals surface area contributed by atoms with Gasteiger partial charge in [-0.25, -0.2) is 0 Å². The lowest BCUT2D eigenvalue weighted by Gasteiger charge is -2.05. The van der Waals surface area contributed by atoms with Crippen LogP contribution in [-0.2, 0) is 6.54 Å². The van der Waals surface area contributed by atoms with Crippen LogP contribution in [0.15, 0.2) is 22.7 Å². The van der Waals surface area contributed by atoms with E-state index in [1.54, 1.807) is 19.0 Å². The van der Waals surface area contributed by atoms with Gasteiger partial charge < -0.3 is 14.7 Å². The fraction of sp³-hybridized carbons (Fsp3) is 0.250. The number of nitriles is 1. The molecule has 0 unspecified atom stereocenters. The van der Waals surface area contributed by atoms with Crippen molar-refractivity contribution in [1.29, 1.82) is 5.26 Å². The van der Waals surface area contributed by atoms with Gasteiger partial charge in [0.2, 0.25) is 5.89 Å². The number of rotatable bonds is 5. The zero-order chi connectivity index (χ0) is 15.4. The Kier molecular flexibility index (Phi) is 3.99. The molecule has 1 aromatic carbocycles. The normalized spacial score (nSPS) is 9.95. The van der Waals surface area contributed by atoms with Gasteiger partial charge in [-0.05, 0) is 11.2 Å². The quantitative estimate of drug-likeness (QED) is 0.649. The fourth-order valence-electron chi connectivity index (χ4n) is 1.56. The second kappa shape index (κ2) is 5.87. The molecule has 1 aromatic heterocycles. The van der Waals surface area contributed by atoms with Crippen LogP contribution in [0.25, 0.3) is 0 Å². The van der Waals surface area contributed by atoms with Crippen molar-refractivity contribution < 1.29 is 9.45 Å². The molecule has 9 nitrogen and oxygen atoms in total. The molecule has 0 bridgehead atoms. The van der Waals surface area contributed by atoms with Crippen LogP contribution in [-0.4, -0.2) is 29.2 Å². The molecule has 108 valence electrons. The van der Waals surface area contributed by atoms with E-state index < -0.39 is 4.92 Å². The van der Waals surface area contributed by atoms with Crippen LogP contribution >= 0.6 is 0 Å². The number of hydrogen-bond donors (Lipinski definition) is 1. The van der Waals surface area contributed by atoms with E-state index in [-0.39, 0.29) is 17.8 Å². The molecule has 0 spiro atoms. The van der Waals surface area contributed by atoms with Crippen molar-refractivity contribution in [2.24, 2.45) is 0 Å². The fourth-order valence-corrected chi connectivity index (χ4v) is 1.56. The highest BCUT2D eigenvalue weighted by atomic mass is 16.6. The van der Waals surface area contributed by atoms with E-state index in [0.717, 1.165) is 0 Å². The van der Waals surface area contributed by atoms with Crippen molar-refractivity contribution in [2.45, 2.75) is 6.54 Å². The van der Waals surface area contributed by atoms with E-state index in [1.165, 1.54) is 18.2 Å². The molecule has 0 atom stereocenters. The van der Waals surface area contributed by atoms with Crippen molar-refractivity contribution in [3.05, 3.63) is 39.8 Å². The van der Waals surface area contributed by atoms with Crippen molar-refractivity contribution >= 4 is 17.3 Å². The highest BCUT2D eigenvalue weighted by Crippen LogP contribution is 2.22. The molecule has 0 aliphatic carbocycles. The molecule has 0 aliphatic rings. The molecule has 1 heterocycles. The number of hydrogen-bond acceptors (Lipinski definition) is 8. The lowest BCUT2D eigenvalue weighted by Crippen LogP contribution is -2.10. The average Bonchev–Trinajstić information content (AvgIpc) is 2.93. The van der Waals surface area contributed by atoms with Gasteiger partial charge in [-0.2, -0.15) is 10.2 Å². The summed E-state index contributed by atoms with van der Waals surface area (Å²) in [6.45, 7) is 0.216. The van der Waals surface area contributed by atoms with Crippen LogP contribution in [0.3, 0.4) is 0 Å². The first-order valence-electron chi connectivity index (χ1n) is 5.93. The van der Waals surface area contributed by atoms with Crippen LogP contribution < -0.4 is 10.2 Å². The number of aromatic nitrogens is 2. The topological polar surface area (TPSA) is 121 Å². The largest absolute Gasteiger partial charge is 0.375 e. The third-order valence-electron chi connectivity index (χ3n) is 2.62. The summed E-state index contributed by atoms with van der Waals surface area (Å²) in [5.41, 5.74) is 0.508. The third kappa shape index (κ3) is 3.24. The Labute approximate surface area is 119 Å². The van der Waals surface area contributed by atoms with Crippen molar-refractivity contribution in [1.82, 2.24) is 10.1 Å². The summed E-state index contributed by atoms with van der Waals surface area (Å²) in [5.74, 6) is 0.789. The van der Waals surface area contributed by atoms with E-state index in [4.69, 9.17) is 9.78 Å². The maximum Gasteiger partial charge on any atom is 0.270 e. The van der Waals surface area contributed by atoms with Gasteiger partial charge in [0.1, 0.15) is 6.07 Å². The number of nitro benzene ring substituents is 1. The SMILES string of the molecule is CN(C)c1noc(CNc2ccc([N+](=O)[O-])cc2C#N)n1. The van der Waals surface area contributed by atoms with Crippen LogP contribution in [0.5, 0.6) is 0 Å². The number of nitro groups is 1. The van der Waals surface area contributed by atoms with E-state index in [9.17, 15) is 10.1 Å². The minimum absolute atomic E-state index is 0.134. The zero-order valence-electron chi connectivity index (χ0n) is 11.4. The van der Waals surface area contributed by atoms with Gasteiger partial charge in [-0.15, -0.1) is 0 Å². The van der Waals surface area contributed by atoms with Gasteiger partial charge in [0.15, 0.2) is 0 Å². The molecule has 0 saturated heterocycles. The number of nitrogens with zero attached hydrogens (tertiary/aromatic N) is 5. The molecule has 21 heavy (non-hydrogen) atoms. The first kappa shape index (κ1) is 14.3. The Morgan fingerprint density at radius 2 is 2.29 bits per heavy atom. The molecular weight excluding hydrogens is 276 g/mol. The van der Waals surface area contributed by atoms with Crippen LogP contribution in [0.2, 0.25) is 0 Å². The predicted molar refractivity (Wildman–Crippen MR) is 73.8 cm³/mol. The van der Waals surface area contributed by atoms with E-state index in [0.29, 0.717) is 17.5 Å². The van der Waals surface area contributed by atoms with Crippen LogP contribution in [0.1, 0.15) is 11.5 Å². The maximum atomic E-state index is 10.7. The van der Waals surface area contributed by atoms with E-state index >= 15 is 0 Å². The van der Waals surface area contributed by atoms with Crippen molar-refractivity contribution in [3.63, 3.8) is 0 Å². The van der Waals surface area contributed by atoms with Crippen molar-refractivity contribution in [3.8, 4) is 6.07 Å². The van der Waals surface area contributed by atoms with Crippen molar-refractivity contribution in [2.75, 3.05) is 24.3 Å². The van der Waals surface area contributed by atoms with Gasteiger partial charge in [0.25, 0.3) is 11.6 Å². The Hall–Kier alpha value is -3.15. The smallest absolute Gasteiger partial charge is 0.270 e. The Morgan fingerprint density at radius 3 is 2.86 bits per heavy atom. The third-order valence-corrected chi connectivity index (χ3v) is 2.62. The molecule has 0 aliphatic heterocycles. The number of non-ortho nitro benzene ring substituents is 1. The number of nitrogens with one attached hydrogen (secondary N) is 1. The second-order valence-electron chi connectivity index (χ2n) is 4.33. The van der Waals surface area contributed by atoms with Gasteiger partial charge in [-0.1, -0.05) is 0 Å². The molecule has 9 heteroatoms. The van der Waals surface area contributed by atoms with Gasteiger partial charge in [0.05, 0.1) is 22.7 Å². The highest BCUT2D eigenvalue weighted by molar-refractivity contribution is 5.61. The molecule has 0 radical (unpaired) electrons. The minimum Gasteiger partial charge on any atom is -0.375 e. The lowest BCUT2D eigenvalue weighted by molar-refractivity contribution is -0.384. The van der Waals surface area contributed by atoms with Gasteiger partial charge in [0, 0.05) is 26.2 Å². The van der Waals surface area contributed by atoms with Gasteiger partial charge >= 0.3 is 0 Å². The predicted octanol–water partition coefficient (Wildman–Crippen LogP) is 1.53. The standard InChI is InChI=1S/C12H12N6O3/c1-17(2)12-15-11(21-16-12)7-14-10-4-3-9(18(19)20)5-8(10)6-13/h3-5,14H,7H2,1-2H3. The summed E-state index contributed by atoms with van der Waals surface area (Å²) in [7, 11) is 3.57. The highest BCUT2D eigenvalue weighted by Gasteiger charge is 2.12. The average molecular weight is 288 g/mol. The Morgan fingerprint density at radius 1 is 1.52 bits per heavy atom. The number of anilines is 2. The molecule has 0 fully saturated rings. The monoisotopic (exact) mass is 288 g/mol. The molecular formula is C12H12N6O3. The molecule has 0 saturated carbocycles. The molecule has 0 amide bonds. The first-order chi connectivity index (χ1) is 10.0. The summed E-state index contributed by atoms with van der Waals surface area (Å²) < 4.78 is 5.03. The summed E-state index contributed by atoms with van der Waals surface area (Å²) in [6.07, 6.45) is 0. The Bertz CT molecular complexity index is 703. The first-order valence-corrected chi connectivity index (χ1v) is 5.93. The van der Waals surface area contributed by atoms with E-state index in [2.05, 4.69) is 15.5 Å². The number of benzene rings is 1. The second-order valence-corrected chi connectivity index (χ2v) is 4.33. The van der Waals surface area contributed by atoms with Crippen LogP contribution in [0, 0.1) is 21.4 Å².